The quantitative estimate of drug-likeness (QED) is 0.627. The Hall–Kier alpha value is -2.83. The van der Waals surface area contributed by atoms with Gasteiger partial charge < -0.3 is 15.4 Å². The molecule has 0 saturated heterocycles. The fourth-order valence-corrected chi connectivity index (χ4v) is 1.54. The summed E-state index contributed by atoms with van der Waals surface area (Å²) in [7, 11) is 0. The van der Waals surface area contributed by atoms with Crippen molar-refractivity contribution in [2.45, 2.75) is 0 Å². The van der Waals surface area contributed by atoms with Crippen LogP contribution in [-0.4, -0.2) is 25.4 Å². The van der Waals surface area contributed by atoms with Gasteiger partial charge in [0.1, 0.15) is 17.3 Å². The number of H-pyrrole nitrogens is 1. The van der Waals surface area contributed by atoms with Gasteiger partial charge in [-0.2, -0.15) is 10.1 Å². The van der Waals surface area contributed by atoms with Crippen LogP contribution in [-0.2, 0) is 0 Å². The van der Waals surface area contributed by atoms with E-state index in [1.54, 1.807) is 30.3 Å². The number of anilines is 1. The van der Waals surface area contributed by atoms with E-state index in [1.165, 1.54) is 0 Å². The molecule has 0 unspecified atom stereocenters. The molecule has 0 aliphatic carbocycles. The molecule has 7 heteroatoms. The molecule has 2 aromatic heterocycles. The van der Waals surface area contributed by atoms with Gasteiger partial charge >= 0.3 is 0 Å². The third kappa shape index (κ3) is 1.77. The minimum Gasteiger partial charge on any atom is -0.508 e. The van der Waals surface area contributed by atoms with Crippen molar-refractivity contribution in [1.82, 2.24) is 20.3 Å². The van der Waals surface area contributed by atoms with Crippen molar-refractivity contribution in [1.29, 1.82) is 0 Å². The molecule has 7 nitrogen and oxygen atoms in total. The van der Waals surface area contributed by atoms with Gasteiger partial charge in [-0.05, 0) is 12.1 Å². The highest BCUT2D eigenvalue weighted by Crippen LogP contribution is 2.23. The number of nitrogen functional groups attached to an aromatic ring is 1. The first-order chi connectivity index (χ1) is 8.72. The predicted octanol–water partition coefficient (Wildman–Crippen LogP) is 1.41. The van der Waals surface area contributed by atoms with Gasteiger partial charge in [0.05, 0.1) is 0 Å². The first kappa shape index (κ1) is 10.3. The van der Waals surface area contributed by atoms with Crippen molar-refractivity contribution in [2.24, 2.45) is 0 Å². The number of aromatic nitrogens is 4. The maximum Gasteiger partial charge on any atom is 0.276 e. The van der Waals surface area contributed by atoms with Crippen molar-refractivity contribution < 1.29 is 9.63 Å². The largest absolute Gasteiger partial charge is 0.508 e. The number of phenolic OH excluding ortho intramolecular Hbond substituents is 1. The normalized spacial score (nSPS) is 10.7. The van der Waals surface area contributed by atoms with Gasteiger partial charge in [-0.1, -0.05) is 17.3 Å². The summed E-state index contributed by atoms with van der Waals surface area (Å²) in [6, 6.07) is 8.19. The van der Waals surface area contributed by atoms with Crippen molar-refractivity contribution in [3.8, 4) is 28.7 Å². The maximum absolute atomic E-state index is 9.38. The number of aromatic hydroxyl groups is 1. The van der Waals surface area contributed by atoms with Crippen LogP contribution in [0.3, 0.4) is 0 Å². The summed E-state index contributed by atoms with van der Waals surface area (Å²) in [5.74, 6) is 1.17. The van der Waals surface area contributed by atoms with E-state index < -0.39 is 0 Å². The van der Waals surface area contributed by atoms with Crippen LogP contribution >= 0.6 is 0 Å². The van der Waals surface area contributed by atoms with E-state index in [0.717, 1.165) is 0 Å². The minimum absolute atomic E-state index is 0.143. The monoisotopic (exact) mass is 243 g/mol. The van der Waals surface area contributed by atoms with Gasteiger partial charge in [0.15, 0.2) is 0 Å². The minimum atomic E-state index is 0.143. The van der Waals surface area contributed by atoms with Crippen molar-refractivity contribution in [2.75, 3.05) is 5.73 Å². The molecular weight excluding hydrogens is 234 g/mol. The van der Waals surface area contributed by atoms with Gasteiger partial charge in [0.2, 0.25) is 5.82 Å². The molecule has 0 aliphatic heterocycles. The molecule has 0 amide bonds. The molecule has 1 aromatic carbocycles. The third-order valence-corrected chi connectivity index (χ3v) is 2.36. The van der Waals surface area contributed by atoms with Crippen LogP contribution in [0.2, 0.25) is 0 Å². The Balaban J connectivity index is 1.99. The van der Waals surface area contributed by atoms with Crippen molar-refractivity contribution in [3.63, 3.8) is 0 Å². The van der Waals surface area contributed by atoms with E-state index in [9.17, 15) is 5.11 Å². The maximum atomic E-state index is 9.38. The van der Waals surface area contributed by atoms with Crippen LogP contribution in [0.5, 0.6) is 5.75 Å². The van der Waals surface area contributed by atoms with Gasteiger partial charge in [-0.25, -0.2) is 0 Å². The smallest absolute Gasteiger partial charge is 0.276 e. The van der Waals surface area contributed by atoms with Gasteiger partial charge in [-0.3, -0.25) is 5.10 Å². The molecule has 18 heavy (non-hydrogen) atoms. The Labute approximate surface area is 101 Å². The number of phenols is 1. The number of nitrogens with two attached hydrogens (primary N) is 1. The molecule has 0 saturated carbocycles. The van der Waals surface area contributed by atoms with Crippen LogP contribution in [0.15, 0.2) is 34.9 Å². The Kier molecular flexibility index (Phi) is 2.23. The standard InChI is InChI=1S/C11H9N5O2/c12-9-5-8(14-15-9)11-13-10(16-18-11)6-2-1-3-7(17)4-6/h1-5,17H,(H3,12,14,15). The molecule has 90 valence electrons. The topological polar surface area (TPSA) is 114 Å². The third-order valence-electron chi connectivity index (χ3n) is 2.36. The summed E-state index contributed by atoms with van der Waals surface area (Å²) in [6.45, 7) is 0. The number of rotatable bonds is 2. The van der Waals surface area contributed by atoms with Crippen LogP contribution in [0.1, 0.15) is 0 Å². The Bertz CT molecular complexity index is 688. The summed E-state index contributed by atoms with van der Waals surface area (Å²) in [6.07, 6.45) is 0. The number of aromatic amines is 1. The summed E-state index contributed by atoms with van der Waals surface area (Å²) in [5.41, 5.74) is 6.70. The summed E-state index contributed by atoms with van der Waals surface area (Å²) < 4.78 is 5.09. The number of hydrogen-bond donors (Lipinski definition) is 3. The van der Waals surface area contributed by atoms with E-state index in [0.29, 0.717) is 22.9 Å². The molecule has 3 rings (SSSR count). The lowest BCUT2D eigenvalue weighted by Gasteiger charge is -1.94. The second-order valence-electron chi connectivity index (χ2n) is 3.68. The summed E-state index contributed by atoms with van der Waals surface area (Å²) in [5, 5.41) is 19.7. The predicted molar refractivity (Wildman–Crippen MR) is 63.4 cm³/mol. The number of benzene rings is 1. The average molecular weight is 243 g/mol. The lowest BCUT2D eigenvalue weighted by atomic mass is 10.2. The molecular formula is C11H9N5O2. The Morgan fingerprint density at radius 1 is 1.28 bits per heavy atom. The van der Waals surface area contributed by atoms with E-state index in [1.807, 2.05) is 0 Å². The van der Waals surface area contributed by atoms with Gasteiger partial charge in [-0.15, -0.1) is 0 Å². The zero-order valence-electron chi connectivity index (χ0n) is 9.16. The number of nitrogens with zero attached hydrogens (tertiary/aromatic N) is 3. The zero-order chi connectivity index (χ0) is 12.5. The number of hydrogen-bond acceptors (Lipinski definition) is 6. The van der Waals surface area contributed by atoms with Gasteiger partial charge in [0, 0.05) is 11.6 Å². The SMILES string of the molecule is Nc1cc(-c2nc(-c3cccc(O)c3)no2)[nH]n1. The molecule has 0 aliphatic rings. The Morgan fingerprint density at radius 3 is 2.89 bits per heavy atom. The molecule has 2 heterocycles. The molecule has 4 N–H and O–H groups in total. The van der Waals surface area contributed by atoms with Crippen LogP contribution < -0.4 is 5.73 Å². The Morgan fingerprint density at radius 2 is 2.17 bits per heavy atom. The van der Waals surface area contributed by atoms with E-state index in [-0.39, 0.29) is 11.6 Å². The molecule has 0 fully saturated rings. The second kappa shape index (κ2) is 3.88. The molecule has 3 aromatic rings. The lowest BCUT2D eigenvalue weighted by Crippen LogP contribution is -1.81. The van der Waals surface area contributed by atoms with E-state index in [2.05, 4.69) is 20.3 Å². The van der Waals surface area contributed by atoms with Gasteiger partial charge in [0.25, 0.3) is 5.89 Å². The first-order valence-electron chi connectivity index (χ1n) is 5.17. The molecule has 0 spiro atoms. The highest BCUT2D eigenvalue weighted by molar-refractivity contribution is 5.60. The summed E-state index contributed by atoms with van der Waals surface area (Å²) >= 11 is 0. The van der Waals surface area contributed by atoms with Crippen molar-refractivity contribution >= 4 is 5.82 Å². The fourth-order valence-electron chi connectivity index (χ4n) is 1.54. The molecule has 0 bridgehead atoms. The van der Waals surface area contributed by atoms with Crippen LogP contribution in [0.4, 0.5) is 5.82 Å². The highest BCUT2D eigenvalue weighted by Gasteiger charge is 2.12. The van der Waals surface area contributed by atoms with E-state index >= 15 is 0 Å². The van der Waals surface area contributed by atoms with E-state index in [4.69, 9.17) is 10.3 Å². The first-order valence-corrected chi connectivity index (χ1v) is 5.17. The fraction of sp³-hybridized carbons (Fsp3) is 0. The average Bonchev–Trinajstić information content (AvgIpc) is 2.97. The van der Waals surface area contributed by atoms with Crippen LogP contribution in [0, 0.1) is 0 Å². The number of nitrogens with one attached hydrogen (secondary N) is 1. The molecule has 0 radical (unpaired) electrons. The second-order valence-corrected chi connectivity index (χ2v) is 3.68. The lowest BCUT2D eigenvalue weighted by molar-refractivity contribution is 0.431. The summed E-state index contributed by atoms with van der Waals surface area (Å²) in [4.78, 5) is 4.19. The van der Waals surface area contributed by atoms with Crippen molar-refractivity contribution in [3.05, 3.63) is 30.3 Å². The zero-order valence-corrected chi connectivity index (χ0v) is 9.16. The van der Waals surface area contributed by atoms with Crippen LogP contribution in [0.25, 0.3) is 23.0 Å². The highest BCUT2D eigenvalue weighted by atomic mass is 16.5. The molecule has 0 atom stereocenters.